The van der Waals surface area contributed by atoms with Gasteiger partial charge >= 0.3 is 0 Å². The summed E-state index contributed by atoms with van der Waals surface area (Å²) in [5.41, 5.74) is 2.40. The van der Waals surface area contributed by atoms with Crippen LogP contribution in [0.25, 0.3) is 11.1 Å². The van der Waals surface area contributed by atoms with Gasteiger partial charge in [0.05, 0.1) is 16.3 Å². The lowest BCUT2D eigenvalue weighted by atomic mass is 10.0. The SMILES string of the molecule is Cc1ccc(-c2c(C)nn3c2NC(=O)CCC3=O)cc1S(=O)(=O)Nc1cccc(Cl)c1. The zero-order chi connectivity index (χ0) is 22.3. The average molecular weight is 459 g/mol. The second kappa shape index (κ2) is 7.82. The first kappa shape index (κ1) is 21.1. The van der Waals surface area contributed by atoms with E-state index in [4.69, 9.17) is 11.6 Å². The van der Waals surface area contributed by atoms with Crippen molar-refractivity contribution in [3.05, 3.63) is 58.7 Å². The van der Waals surface area contributed by atoms with E-state index in [0.29, 0.717) is 33.1 Å². The lowest BCUT2D eigenvalue weighted by Crippen LogP contribution is -2.15. The van der Waals surface area contributed by atoms with Gasteiger partial charge in [0.2, 0.25) is 11.8 Å². The Hall–Kier alpha value is -3.17. The van der Waals surface area contributed by atoms with E-state index in [-0.39, 0.29) is 35.4 Å². The summed E-state index contributed by atoms with van der Waals surface area (Å²) in [5, 5.41) is 7.39. The number of nitrogens with one attached hydrogen (secondary N) is 2. The largest absolute Gasteiger partial charge is 0.310 e. The molecule has 3 aromatic rings. The molecule has 31 heavy (non-hydrogen) atoms. The topological polar surface area (TPSA) is 110 Å². The Morgan fingerprint density at radius 3 is 2.61 bits per heavy atom. The van der Waals surface area contributed by atoms with Crippen molar-refractivity contribution >= 4 is 44.9 Å². The number of aromatic nitrogens is 2. The molecule has 0 radical (unpaired) electrons. The number of hydrogen-bond acceptors (Lipinski definition) is 5. The highest BCUT2D eigenvalue weighted by Gasteiger charge is 2.27. The molecule has 2 N–H and O–H groups in total. The molecule has 1 amide bonds. The van der Waals surface area contributed by atoms with E-state index >= 15 is 0 Å². The normalized spacial score (nSPS) is 14.0. The molecule has 1 aromatic heterocycles. The van der Waals surface area contributed by atoms with E-state index in [1.807, 2.05) is 0 Å². The van der Waals surface area contributed by atoms with Gasteiger partial charge in [0.1, 0.15) is 5.82 Å². The lowest BCUT2D eigenvalue weighted by Gasteiger charge is -2.13. The first-order valence-corrected chi connectivity index (χ1v) is 11.3. The first-order valence-electron chi connectivity index (χ1n) is 9.48. The predicted octanol–water partition coefficient (Wildman–Crippen LogP) is 3.99. The minimum absolute atomic E-state index is 0.0521. The summed E-state index contributed by atoms with van der Waals surface area (Å²) in [7, 11) is -3.93. The molecule has 2 aromatic carbocycles. The van der Waals surface area contributed by atoms with E-state index < -0.39 is 10.0 Å². The summed E-state index contributed by atoms with van der Waals surface area (Å²) in [6.07, 6.45) is 0.119. The second-order valence-electron chi connectivity index (χ2n) is 7.26. The second-order valence-corrected chi connectivity index (χ2v) is 9.35. The Labute approximate surface area is 184 Å². The first-order chi connectivity index (χ1) is 14.7. The van der Waals surface area contributed by atoms with Gasteiger partial charge in [-0.1, -0.05) is 29.8 Å². The fourth-order valence-corrected chi connectivity index (χ4v) is 5.01. The monoisotopic (exact) mass is 458 g/mol. The van der Waals surface area contributed by atoms with Crippen molar-refractivity contribution < 1.29 is 18.0 Å². The molecule has 0 saturated heterocycles. The number of fused-ring (bicyclic) bond motifs is 1. The maximum Gasteiger partial charge on any atom is 0.262 e. The molecule has 4 rings (SSSR count). The highest BCUT2D eigenvalue weighted by molar-refractivity contribution is 7.92. The average Bonchev–Trinajstić information content (AvgIpc) is 2.95. The predicted molar refractivity (Wildman–Crippen MR) is 118 cm³/mol. The van der Waals surface area contributed by atoms with Crippen LogP contribution in [0.5, 0.6) is 0 Å². The summed E-state index contributed by atoms with van der Waals surface area (Å²) in [5.74, 6) is -0.346. The van der Waals surface area contributed by atoms with E-state index in [1.165, 1.54) is 16.8 Å². The van der Waals surface area contributed by atoms with Crippen molar-refractivity contribution in [1.29, 1.82) is 0 Å². The molecule has 2 heterocycles. The van der Waals surface area contributed by atoms with Crippen LogP contribution in [0.15, 0.2) is 47.4 Å². The number of carbonyl (C=O) groups is 2. The Kier molecular flexibility index (Phi) is 5.32. The zero-order valence-electron chi connectivity index (χ0n) is 16.8. The number of hydrogen-bond donors (Lipinski definition) is 2. The van der Waals surface area contributed by atoms with Gasteiger partial charge < -0.3 is 5.32 Å². The van der Waals surface area contributed by atoms with Crippen molar-refractivity contribution in [2.24, 2.45) is 0 Å². The van der Waals surface area contributed by atoms with Gasteiger partial charge in [0.25, 0.3) is 10.0 Å². The molecule has 0 saturated carbocycles. The van der Waals surface area contributed by atoms with Gasteiger partial charge in [-0.25, -0.2) is 8.42 Å². The molecule has 1 aliphatic heterocycles. The number of anilines is 2. The number of carbonyl (C=O) groups excluding carboxylic acids is 2. The van der Waals surface area contributed by atoms with E-state index in [0.717, 1.165) is 0 Å². The highest BCUT2D eigenvalue weighted by atomic mass is 35.5. The van der Waals surface area contributed by atoms with Crippen molar-refractivity contribution in [3.63, 3.8) is 0 Å². The summed E-state index contributed by atoms with van der Waals surface area (Å²) in [4.78, 5) is 24.5. The molecular formula is C21H19ClN4O4S. The van der Waals surface area contributed by atoms with Crippen LogP contribution in [0.1, 0.15) is 28.9 Å². The van der Waals surface area contributed by atoms with Crippen LogP contribution in [-0.4, -0.2) is 30.0 Å². The Balaban J connectivity index is 1.81. The minimum Gasteiger partial charge on any atom is -0.310 e. The molecule has 160 valence electrons. The van der Waals surface area contributed by atoms with Crippen LogP contribution in [0.2, 0.25) is 5.02 Å². The Bertz CT molecular complexity index is 1330. The number of sulfonamides is 1. The van der Waals surface area contributed by atoms with Gasteiger partial charge in [-0.3, -0.25) is 14.3 Å². The van der Waals surface area contributed by atoms with Crippen molar-refractivity contribution in [3.8, 4) is 11.1 Å². The smallest absolute Gasteiger partial charge is 0.262 e. The molecule has 0 unspecified atom stereocenters. The molecular weight excluding hydrogens is 440 g/mol. The van der Waals surface area contributed by atoms with Gasteiger partial charge in [-0.05, 0) is 49.2 Å². The molecule has 10 heteroatoms. The quantitative estimate of drug-likeness (QED) is 0.614. The number of benzene rings is 2. The van der Waals surface area contributed by atoms with Crippen LogP contribution in [0.3, 0.4) is 0 Å². The van der Waals surface area contributed by atoms with E-state index in [9.17, 15) is 18.0 Å². The summed E-state index contributed by atoms with van der Waals surface area (Å²) < 4.78 is 29.9. The fraction of sp³-hybridized carbons (Fsp3) is 0.190. The van der Waals surface area contributed by atoms with Gasteiger partial charge in [-0.15, -0.1) is 0 Å². The lowest BCUT2D eigenvalue weighted by molar-refractivity contribution is -0.116. The van der Waals surface area contributed by atoms with E-state index in [2.05, 4.69) is 15.1 Å². The molecule has 1 aliphatic rings. The van der Waals surface area contributed by atoms with Gasteiger partial charge in [0, 0.05) is 23.4 Å². The number of halogens is 1. The molecule has 0 spiro atoms. The Morgan fingerprint density at radius 1 is 1.10 bits per heavy atom. The molecule has 0 atom stereocenters. The number of amides is 1. The van der Waals surface area contributed by atoms with Crippen LogP contribution in [0, 0.1) is 13.8 Å². The van der Waals surface area contributed by atoms with Crippen molar-refractivity contribution in [2.45, 2.75) is 31.6 Å². The zero-order valence-corrected chi connectivity index (χ0v) is 18.3. The fourth-order valence-electron chi connectivity index (χ4n) is 3.50. The third-order valence-corrected chi connectivity index (χ3v) is 6.72. The molecule has 0 aliphatic carbocycles. The third kappa shape index (κ3) is 4.06. The highest BCUT2D eigenvalue weighted by Crippen LogP contribution is 2.35. The third-order valence-electron chi connectivity index (χ3n) is 4.96. The van der Waals surface area contributed by atoms with Crippen LogP contribution in [-0.2, 0) is 14.8 Å². The summed E-state index contributed by atoms with van der Waals surface area (Å²) in [6.45, 7) is 3.39. The van der Waals surface area contributed by atoms with Crippen LogP contribution in [0.4, 0.5) is 11.5 Å². The van der Waals surface area contributed by atoms with E-state index in [1.54, 1.807) is 44.2 Å². The molecule has 0 bridgehead atoms. The molecule has 0 fully saturated rings. The number of nitrogens with zero attached hydrogens (tertiary/aromatic N) is 2. The minimum atomic E-state index is -3.93. The number of rotatable bonds is 4. The maximum absolute atomic E-state index is 13.1. The maximum atomic E-state index is 13.1. The van der Waals surface area contributed by atoms with Gasteiger partial charge in [-0.2, -0.15) is 9.78 Å². The Morgan fingerprint density at radius 2 is 1.87 bits per heavy atom. The van der Waals surface area contributed by atoms with Gasteiger partial charge in [0.15, 0.2) is 0 Å². The number of aryl methyl sites for hydroxylation is 2. The van der Waals surface area contributed by atoms with Crippen LogP contribution < -0.4 is 10.0 Å². The van der Waals surface area contributed by atoms with Crippen LogP contribution >= 0.6 is 11.6 Å². The standard InChI is InChI=1S/C21H19ClN4O4S/c1-12-6-7-14(10-17(12)31(29,30)25-16-5-3-4-15(22)11-16)20-13(2)24-26-19(28)9-8-18(27)23-21(20)26/h3-7,10-11,25H,8-9H2,1-2H3,(H,23,27). The molecule has 8 nitrogen and oxygen atoms in total. The van der Waals surface area contributed by atoms with Crippen molar-refractivity contribution in [2.75, 3.05) is 10.0 Å². The summed E-state index contributed by atoms with van der Waals surface area (Å²) >= 11 is 5.96. The summed E-state index contributed by atoms with van der Waals surface area (Å²) in [6, 6.07) is 11.3. The van der Waals surface area contributed by atoms with Crippen molar-refractivity contribution in [1.82, 2.24) is 9.78 Å².